The van der Waals surface area contributed by atoms with Crippen LogP contribution in [0.4, 0.5) is 11.4 Å². The average molecular weight is 456 g/mol. The van der Waals surface area contributed by atoms with Crippen molar-refractivity contribution < 1.29 is 33.4 Å². The molecule has 0 fully saturated rings. The fraction of sp³-hybridized carbons (Fsp3) is 0.333. The molecule has 0 radical (unpaired) electrons. The second-order valence-electron chi connectivity index (χ2n) is 7.05. The number of rotatable bonds is 12. The Bertz CT molecular complexity index is 940. The molecule has 0 aromatic heterocycles. The summed E-state index contributed by atoms with van der Waals surface area (Å²) >= 11 is 0. The number of carbonyl (C=O) groups is 4. The summed E-state index contributed by atoms with van der Waals surface area (Å²) in [4.78, 5) is 47.5. The largest absolute Gasteiger partial charge is 0.497 e. The van der Waals surface area contributed by atoms with Gasteiger partial charge in [0, 0.05) is 24.2 Å². The second kappa shape index (κ2) is 13.5. The zero-order chi connectivity index (χ0) is 24.1. The monoisotopic (exact) mass is 456 g/mol. The number of esters is 2. The Kier molecular flexibility index (Phi) is 10.4. The minimum Gasteiger partial charge on any atom is -0.497 e. The molecule has 2 aromatic carbocycles. The number of ether oxygens (including phenoxy) is 3. The first kappa shape index (κ1) is 25.4. The number of carbonyl (C=O) groups excluding carboxylic acids is 4. The third kappa shape index (κ3) is 9.42. The lowest BCUT2D eigenvalue weighted by Crippen LogP contribution is -2.21. The Balaban J connectivity index is 1.63. The topological polar surface area (TPSA) is 120 Å². The van der Waals surface area contributed by atoms with Crippen LogP contribution in [-0.4, -0.2) is 44.1 Å². The highest BCUT2D eigenvalue weighted by Gasteiger charge is 2.11. The van der Waals surface area contributed by atoms with Gasteiger partial charge in [-0.1, -0.05) is 6.92 Å². The number of anilines is 2. The Hall–Kier alpha value is -3.88. The molecule has 0 bridgehead atoms. The van der Waals surface area contributed by atoms with E-state index in [1.165, 1.54) is 0 Å². The van der Waals surface area contributed by atoms with Crippen molar-refractivity contribution in [2.75, 3.05) is 31.0 Å². The van der Waals surface area contributed by atoms with Crippen LogP contribution < -0.4 is 15.4 Å². The van der Waals surface area contributed by atoms with Gasteiger partial charge in [-0.25, -0.2) is 4.79 Å². The van der Waals surface area contributed by atoms with E-state index in [0.29, 0.717) is 29.3 Å². The molecule has 0 aliphatic carbocycles. The Morgan fingerprint density at radius 1 is 0.788 bits per heavy atom. The summed E-state index contributed by atoms with van der Waals surface area (Å²) in [6.45, 7) is 1.85. The molecule has 0 atom stereocenters. The van der Waals surface area contributed by atoms with E-state index in [9.17, 15) is 19.2 Å². The fourth-order valence-electron chi connectivity index (χ4n) is 2.67. The first-order chi connectivity index (χ1) is 15.9. The van der Waals surface area contributed by atoms with Gasteiger partial charge in [0.2, 0.25) is 5.91 Å². The number of hydrogen-bond acceptors (Lipinski definition) is 7. The summed E-state index contributed by atoms with van der Waals surface area (Å²) in [6, 6.07) is 13.1. The molecular weight excluding hydrogens is 428 g/mol. The zero-order valence-corrected chi connectivity index (χ0v) is 18.7. The maximum atomic E-state index is 12.0. The summed E-state index contributed by atoms with van der Waals surface area (Å²) < 4.78 is 15.0. The normalized spacial score (nSPS) is 10.1. The minimum atomic E-state index is -0.567. The first-order valence-corrected chi connectivity index (χ1v) is 10.6. The quantitative estimate of drug-likeness (QED) is 0.469. The van der Waals surface area contributed by atoms with Gasteiger partial charge in [0.15, 0.2) is 6.61 Å². The van der Waals surface area contributed by atoms with Gasteiger partial charge in [-0.15, -0.1) is 0 Å². The Labute approximate surface area is 192 Å². The van der Waals surface area contributed by atoms with E-state index >= 15 is 0 Å². The van der Waals surface area contributed by atoms with Crippen molar-refractivity contribution >= 4 is 35.1 Å². The Morgan fingerprint density at radius 3 is 2.00 bits per heavy atom. The summed E-state index contributed by atoms with van der Waals surface area (Å²) in [7, 11) is 1.54. The summed E-state index contributed by atoms with van der Waals surface area (Å²) in [5.74, 6) is -1.06. The van der Waals surface area contributed by atoms with Crippen molar-refractivity contribution in [3.63, 3.8) is 0 Å². The van der Waals surface area contributed by atoms with Crippen LogP contribution in [0.15, 0.2) is 48.5 Å². The molecule has 0 aliphatic heterocycles. The Morgan fingerprint density at radius 2 is 1.39 bits per heavy atom. The standard InChI is InChI=1S/C24H28N2O7/c1-3-15-32-24(30)17-7-9-18(10-8-17)25-21(27)5-4-6-23(29)33-16-22(28)26-19-11-13-20(31-2)14-12-19/h7-14H,3-6,15-16H2,1-2H3,(H,25,27)(H,26,28). The van der Waals surface area contributed by atoms with Crippen molar-refractivity contribution in [1.82, 2.24) is 0 Å². The van der Waals surface area contributed by atoms with Crippen LogP contribution in [0.5, 0.6) is 5.75 Å². The van der Waals surface area contributed by atoms with Gasteiger partial charge < -0.3 is 24.8 Å². The predicted molar refractivity (Wildman–Crippen MR) is 122 cm³/mol. The maximum Gasteiger partial charge on any atom is 0.338 e. The molecule has 2 amide bonds. The molecule has 0 unspecified atom stereocenters. The SMILES string of the molecule is CCCOC(=O)c1ccc(NC(=O)CCCC(=O)OCC(=O)Nc2ccc(OC)cc2)cc1. The summed E-state index contributed by atoms with van der Waals surface area (Å²) in [5.41, 5.74) is 1.49. The van der Waals surface area contributed by atoms with E-state index in [2.05, 4.69) is 10.6 Å². The van der Waals surface area contributed by atoms with E-state index in [4.69, 9.17) is 14.2 Å². The second-order valence-corrected chi connectivity index (χ2v) is 7.05. The van der Waals surface area contributed by atoms with Crippen LogP contribution in [0.25, 0.3) is 0 Å². The van der Waals surface area contributed by atoms with E-state index < -0.39 is 24.5 Å². The third-order valence-electron chi connectivity index (χ3n) is 4.36. The predicted octanol–water partition coefficient (Wildman–Crippen LogP) is 3.55. The smallest absolute Gasteiger partial charge is 0.338 e. The highest BCUT2D eigenvalue weighted by Crippen LogP contribution is 2.15. The molecule has 0 heterocycles. The van der Waals surface area contributed by atoms with E-state index in [0.717, 1.165) is 6.42 Å². The van der Waals surface area contributed by atoms with Gasteiger partial charge in [0.1, 0.15) is 5.75 Å². The van der Waals surface area contributed by atoms with E-state index in [1.54, 1.807) is 55.6 Å². The van der Waals surface area contributed by atoms with E-state index in [1.807, 2.05) is 6.92 Å². The minimum absolute atomic E-state index is 0.00540. The lowest BCUT2D eigenvalue weighted by atomic mass is 10.2. The zero-order valence-electron chi connectivity index (χ0n) is 18.7. The maximum absolute atomic E-state index is 12.0. The highest BCUT2D eigenvalue weighted by molar-refractivity contribution is 5.94. The molecule has 0 spiro atoms. The molecular formula is C24H28N2O7. The molecule has 9 heteroatoms. The van der Waals surface area contributed by atoms with Gasteiger partial charge in [-0.05, 0) is 61.4 Å². The number of methoxy groups -OCH3 is 1. The summed E-state index contributed by atoms with van der Waals surface area (Å²) in [5, 5.41) is 5.30. The molecule has 33 heavy (non-hydrogen) atoms. The number of hydrogen-bond donors (Lipinski definition) is 2. The molecule has 0 saturated carbocycles. The molecule has 2 rings (SSSR count). The van der Waals surface area contributed by atoms with Gasteiger partial charge in [0.25, 0.3) is 5.91 Å². The molecule has 176 valence electrons. The van der Waals surface area contributed by atoms with Gasteiger partial charge in [-0.2, -0.15) is 0 Å². The van der Waals surface area contributed by atoms with Crippen molar-refractivity contribution in [3.8, 4) is 5.75 Å². The summed E-state index contributed by atoms with van der Waals surface area (Å²) in [6.07, 6.45) is 1.12. The van der Waals surface area contributed by atoms with Gasteiger partial charge in [0.05, 0.1) is 19.3 Å². The van der Waals surface area contributed by atoms with Crippen LogP contribution in [0.3, 0.4) is 0 Å². The lowest BCUT2D eigenvalue weighted by molar-refractivity contribution is -0.147. The average Bonchev–Trinajstić information content (AvgIpc) is 2.82. The van der Waals surface area contributed by atoms with Crippen molar-refractivity contribution in [3.05, 3.63) is 54.1 Å². The third-order valence-corrected chi connectivity index (χ3v) is 4.36. The first-order valence-electron chi connectivity index (χ1n) is 10.6. The number of benzene rings is 2. The highest BCUT2D eigenvalue weighted by atomic mass is 16.5. The number of nitrogens with one attached hydrogen (secondary N) is 2. The molecule has 9 nitrogen and oxygen atoms in total. The fourth-order valence-corrected chi connectivity index (χ4v) is 2.67. The van der Waals surface area contributed by atoms with Crippen LogP contribution in [0.2, 0.25) is 0 Å². The molecule has 0 aliphatic rings. The van der Waals surface area contributed by atoms with Crippen LogP contribution >= 0.6 is 0 Å². The molecule has 2 N–H and O–H groups in total. The van der Waals surface area contributed by atoms with Crippen LogP contribution in [0, 0.1) is 0 Å². The molecule has 0 saturated heterocycles. The van der Waals surface area contributed by atoms with E-state index in [-0.39, 0.29) is 25.2 Å². The van der Waals surface area contributed by atoms with Crippen molar-refractivity contribution in [2.24, 2.45) is 0 Å². The van der Waals surface area contributed by atoms with Gasteiger partial charge >= 0.3 is 11.9 Å². The number of amides is 2. The molecule has 2 aromatic rings. The van der Waals surface area contributed by atoms with Crippen LogP contribution in [0.1, 0.15) is 43.0 Å². The van der Waals surface area contributed by atoms with Crippen molar-refractivity contribution in [1.29, 1.82) is 0 Å². The van der Waals surface area contributed by atoms with Crippen molar-refractivity contribution in [2.45, 2.75) is 32.6 Å². The van der Waals surface area contributed by atoms with Crippen LogP contribution in [-0.2, 0) is 23.9 Å². The lowest BCUT2D eigenvalue weighted by Gasteiger charge is -2.08. The van der Waals surface area contributed by atoms with Gasteiger partial charge in [-0.3, -0.25) is 14.4 Å².